The van der Waals surface area contributed by atoms with Crippen molar-refractivity contribution in [2.45, 2.75) is 19.5 Å². The molecule has 0 saturated carbocycles. The van der Waals surface area contributed by atoms with E-state index in [4.69, 9.17) is 11.6 Å². The number of nitrogens with zero attached hydrogens (tertiary/aromatic N) is 4. The third-order valence-corrected chi connectivity index (χ3v) is 4.75. The van der Waals surface area contributed by atoms with Crippen LogP contribution in [-0.4, -0.2) is 21.7 Å². The first-order valence-electron chi connectivity index (χ1n) is 8.28. The second kappa shape index (κ2) is 7.07. The van der Waals surface area contributed by atoms with E-state index >= 15 is 0 Å². The van der Waals surface area contributed by atoms with E-state index in [1.807, 2.05) is 24.3 Å². The highest BCUT2D eigenvalue weighted by atomic mass is 35.5. The fraction of sp³-hybridized carbons (Fsp3) is 0.211. The molecule has 1 N–H and O–H groups in total. The molecule has 5 nitrogen and oxygen atoms in total. The Balaban J connectivity index is 1.48. The molecule has 6 heteroatoms. The normalized spacial score (nSPS) is 13.4. The minimum atomic E-state index is 0.598. The highest BCUT2D eigenvalue weighted by Gasteiger charge is 2.18. The summed E-state index contributed by atoms with van der Waals surface area (Å²) in [5, 5.41) is 12.3. The van der Waals surface area contributed by atoms with E-state index in [-0.39, 0.29) is 0 Å². The Morgan fingerprint density at radius 2 is 1.84 bits per heavy atom. The maximum Gasteiger partial charge on any atom is 0.247 e. The van der Waals surface area contributed by atoms with Gasteiger partial charge in [-0.25, -0.2) is 0 Å². The second-order valence-corrected chi connectivity index (χ2v) is 6.43. The number of halogens is 1. The van der Waals surface area contributed by atoms with Gasteiger partial charge >= 0.3 is 0 Å². The van der Waals surface area contributed by atoms with Gasteiger partial charge in [0, 0.05) is 24.7 Å². The molecule has 0 amide bonds. The van der Waals surface area contributed by atoms with Gasteiger partial charge in [0.2, 0.25) is 5.95 Å². The zero-order valence-electron chi connectivity index (χ0n) is 13.7. The van der Waals surface area contributed by atoms with Gasteiger partial charge in [0.15, 0.2) is 5.82 Å². The Morgan fingerprint density at radius 1 is 1.04 bits per heavy atom. The summed E-state index contributed by atoms with van der Waals surface area (Å²) in [4.78, 5) is 6.77. The zero-order valence-corrected chi connectivity index (χ0v) is 14.4. The van der Waals surface area contributed by atoms with Crippen LogP contribution < -0.4 is 10.2 Å². The molecule has 126 valence electrons. The summed E-state index contributed by atoms with van der Waals surface area (Å²) in [7, 11) is 0. The lowest BCUT2D eigenvalue weighted by Crippen LogP contribution is -2.32. The van der Waals surface area contributed by atoms with Crippen LogP contribution in [0.2, 0.25) is 5.02 Å². The molecule has 25 heavy (non-hydrogen) atoms. The van der Waals surface area contributed by atoms with Gasteiger partial charge in [0.05, 0.1) is 6.20 Å². The van der Waals surface area contributed by atoms with Gasteiger partial charge in [-0.15, -0.1) is 5.10 Å². The van der Waals surface area contributed by atoms with E-state index < -0.39 is 0 Å². The molecule has 1 aliphatic rings. The van der Waals surface area contributed by atoms with E-state index in [9.17, 15) is 0 Å². The van der Waals surface area contributed by atoms with Gasteiger partial charge in [0.1, 0.15) is 0 Å². The molecule has 0 saturated heterocycles. The van der Waals surface area contributed by atoms with Crippen molar-refractivity contribution in [2.75, 3.05) is 16.8 Å². The first-order valence-corrected chi connectivity index (χ1v) is 8.66. The van der Waals surface area contributed by atoms with Gasteiger partial charge < -0.3 is 10.2 Å². The van der Waals surface area contributed by atoms with Crippen molar-refractivity contribution in [3.05, 3.63) is 76.4 Å². The largest absolute Gasteiger partial charge is 0.364 e. The van der Waals surface area contributed by atoms with Crippen molar-refractivity contribution >= 4 is 23.4 Å². The lowest BCUT2D eigenvalue weighted by molar-refractivity contribution is 0.697. The summed E-state index contributed by atoms with van der Waals surface area (Å²) in [6.45, 7) is 2.30. The molecule has 1 aliphatic heterocycles. The Labute approximate surface area is 151 Å². The predicted octanol–water partition coefficient (Wildman–Crippen LogP) is 3.70. The molecular formula is C19H18ClN5. The maximum atomic E-state index is 6.19. The highest BCUT2D eigenvalue weighted by molar-refractivity contribution is 6.31. The van der Waals surface area contributed by atoms with Gasteiger partial charge in [-0.2, -0.15) is 10.1 Å². The van der Waals surface area contributed by atoms with E-state index in [1.54, 1.807) is 6.20 Å². The zero-order chi connectivity index (χ0) is 17.1. The Hall–Kier alpha value is -2.66. The Kier molecular flexibility index (Phi) is 4.48. The van der Waals surface area contributed by atoms with Crippen molar-refractivity contribution < 1.29 is 0 Å². The third kappa shape index (κ3) is 3.56. The van der Waals surface area contributed by atoms with Crippen molar-refractivity contribution in [2.24, 2.45) is 0 Å². The molecule has 2 aromatic carbocycles. The minimum Gasteiger partial charge on any atom is -0.364 e. The van der Waals surface area contributed by atoms with Crippen LogP contribution >= 0.6 is 11.6 Å². The van der Waals surface area contributed by atoms with E-state index in [0.29, 0.717) is 18.3 Å². The van der Waals surface area contributed by atoms with Gasteiger partial charge in [-0.3, -0.25) is 0 Å². The van der Waals surface area contributed by atoms with Gasteiger partial charge in [0.25, 0.3) is 0 Å². The van der Waals surface area contributed by atoms with E-state index in [1.165, 1.54) is 11.1 Å². The first-order chi connectivity index (χ1) is 12.3. The Morgan fingerprint density at radius 3 is 2.72 bits per heavy atom. The summed E-state index contributed by atoms with van der Waals surface area (Å²) < 4.78 is 0. The molecule has 0 fully saturated rings. The number of nitrogens with one attached hydrogen (secondary N) is 1. The summed E-state index contributed by atoms with van der Waals surface area (Å²) in [5.74, 6) is 1.35. The lowest BCUT2D eigenvalue weighted by Gasteiger charge is -2.28. The van der Waals surface area contributed by atoms with Crippen LogP contribution in [0.5, 0.6) is 0 Å². The fourth-order valence-electron chi connectivity index (χ4n) is 3.01. The van der Waals surface area contributed by atoms with Crippen LogP contribution in [-0.2, 0) is 19.5 Å². The predicted molar refractivity (Wildman–Crippen MR) is 99.8 cm³/mol. The summed E-state index contributed by atoms with van der Waals surface area (Å²) in [6.07, 6.45) is 2.63. The summed E-state index contributed by atoms with van der Waals surface area (Å²) in [5.41, 5.74) is 3.75. The molecule has 0 aliphatic carbocycles. The standard InChI is InChI=1S/C19H18ClN5/c20-17-8-4-3-6-15(17)11-21-18-12-22-24-19(23-18)25-10-9-14-5-1-2-7-16(14)13-25/h1-8,12H,9-11,13H2,(H,21,23,24). The number of hydrogen-bond donors (Lipinski definition) is 1. The molecule has 4 rings (SSSR count). The lowest BCUT2D eigenvalue weighted by atomic mass is 10.0. The highest BCUT2D eigenvalue weighted by Crippen LogP contribution is 2.22. The topological polar surface area (TPSA) is 53.9 Å². The quantitative estimate of drug-likeness (QED) is 0.776. The van der Waals surface area contributed by atoms with Crippen LogP contribution in [0, 0.1) is 0 Å². The number of hydrogen-bond acceptors (Lipinski definition) is 5. The molecular weight excluding hydrogens is 334 g/mol. The number of rotatable bonds is 4. The van der Waals surface area contributed by atoms with Crippen molar-refractivity contribution in [3.8, 4) is 0 Å². The SMILES string of the molecule is Clc1ccccc1CNc1cnnc(N2CCc3ccccc3C2)n1. The number of benzene rings is 2. The molecule has 0 spiro atoms. The van der Waals surface area contributed by atoms with Crippen LogP contribution in [0.25, 0.3) is 0 Å². The number of fused-ring (bicyclic) bond motifs is 1. The maximum absolute atomic E-state index is 6.19. The number of aromatic nitrogens is 3. The minimum absolute atomic E-state index is 0.598. The van der Waals surface area contributed by atoms with Crippen molar-refractivity contribution in [1.82, 2.24) is 15.2 Å². The third-order valence-electron chi connectivity index (χ3n) is 4.38. The molecule has 0 bridgehead atoms. The van der Waals surface area contributed by atoms with Crippen LogP contribution in [0.15, 0.2) is 54.7 Å². The molecule has 0 radical (unpaired) electrons. The van der Waals surface area contributed by atoms with Gasteiger partial charge in [-0.05, 0) is 29.2 Å². The molecule has 2 heterocycles. The van der Waals surface area contributed by atoms with Crippen LogP contribution in [0.1, 0.15) is 16.7 Å². The molecule has 0 unspecified atom stereocenters. The molecule has 3 aromatic rings. The van der Waals surface area contributed by atoms with Crippen molar-refractivity contribution in [3.63, 3.8) is 0 Å². The first kappa shape index (κ1) is 15.8. The molecule has 0 atom stereocenters. The van der Waals surface area contributed by atoms with Crippen molar-refractivity contribution in [1.29, 1.82) is 0 Å². The van der Waals surface area contributed by atoms with Crippen LogP contribution in [0.3, 0.4) is 0 Å². The average molecular weight is 352 g/mol. The number of anilines is 2. The van der Waals surface area contributed by atoms with Gasteiger partial charge in [-0.1, -0.05) is 54.1 Å². The monoisotopic (exact) mass is 351 g/mol. The summed E-state index contributed by atoms with van der Waals surface area (Å²) in [6, 6.07) is 16.3. The average Bonchev–Trinajstić information content (AvgIpc) is 2.67. The summed E-state index contributed by atoms with van der Waals surface area (Å²) >= 11 is 6.19. The Bertz CT molecular complexity index is 883. The second-order valence-electron chi connectivity index (χ2n) is 6.03. The smallest absolute Gasteiger partial charge is 0.247 e. The fourth-order valence-corrected chi connectivity index (χ4v) is 3.21. The van der Waals surface area contributed by atoms with E-state index in [2.05, 4.69) is 49.7 Å². The van der Waals surface area contributed by atoms with E-state index in [0.717, 1.165) is 30.1 Å². The molecule has 1 aromatic heterocycles. The van der Waals surface area contributed by atoms with Crippen LogP contribution in [0.4, 0.5) is 11.8 Å².